The second-order valence-corrected chi connectivity index (χ2v) is 9.41. The molecule has 0 aromatic heterocycles. The number of esters is 1. The summed E-state index contributed by atoms with van der Waals surface area (Å²) >= 11 is 0. The second-order valence-electron chi connectivity index (χ2n) is 9.41. The second kappa shape index (κ2) is 14.6. The van der Waals surface area contributed by atoms with Gasteiger partial charge in [0.1, 0.15) is 6.54 Å². The largest absolute Gasteiger partial charge is 0.465 e. The molecular weight excluding hydrogens is 486 g/mol. The summed E-state index contributed by atoms with van der Waals surface area (Å²) in [4.78, 5) is 25.5. The summed E-state index contributed by atoms with van der Waals surface area (Å²) in [6.45, 7) is 9.54. The molecule has 206 valence electrons. The Morgan fingerprint density at radius 2 is 1.71 bits per heavy atom. The minimum Gasteiger partial charge on any atom is -0.465 e. The summed E-state index contributed by atoms with van der Waals surface area (Å²) in [5.74, 6) is -0.388. The van der Waals surface area contributed by atoms with Crippen LogP contribution in [0.1, 0.15) is 48.5 Å². The average Bonchev–Trinajstić information content (AvgIpc) is 2.92. The Kier molecular flexibility index (Phi) is 11.3. The van der Waals surface area contributed by atoms with Crippen LogP contribution in [0.3, 0.4) is 0 Å². The Balaban J connectivity index is 1.68. The van der Waals surface area contributed by atoms with Gasteiger partial charge in [-0.15, -0.1) is 6.58 Å². The van der Waals surface area contributed by atoms with Gasteiger partial charge in [0.25, 0.3) is 0 Å². The van der Waals surface area contributed by atoms with Crippen molar-refractivity contribution in [1.82, 2.24) is 15.5 Å². The van der Waals surface area contributed by atoms with Crippen molar-refractivity contribution in [3.63, 3.8) is 0 Å². The van der Waals surface area contributed by atoms with E-state index >= 15 is 0 Å². The molecule has 1 fully saturated rings. The number of nitrogens with one attached hydrogen (secondary N) is 2. The number of urea groups is 1. The molecule has 2 aromatic carbocycles. The Bertz CT molecular complexity index is 1040. The van der Waals surface area contributed by atoms with Gasteiger partial charge in [-0.25, -0.2) is 4.79 Å². The van der Waals surface area contributed by atoms with Crippen LogP contribution in [0.5, 0.6) is 0 Å². The van der Waals surface area contributed by atoms with Gasteiger partial charge in [0.15, 0.2) is 6.29 Å². The maximum atomic E-state index is 12.0. The van der Waals surface area contributed by atoms with Crippen LogP contribution in [-0.2, 0) is 32.2 Å². The molecule has 38 heavy (non-hydrogen) atoms. The zero-order valence-corrected chi connectivity index (χ0v) is 22.4. The van der Waals surface area contributed by atoms with E-state index in [1.807, 2.05) is 61.7 Å². The number of ether oxygens (including phenoxy) is 3. The molecule has 0 bridgehead atoms. The fourth-order valence-electron chi connectivity index (χ4n) is 4.33. The molecular formula is C29H39N3O6. The lowest BCUT2D eigenvalue weighted by atomic mass is 9.90. The van der Waals surface area contributed by atoms with Crippen molar-refractivity contribution in [2.45, 2.75) is 45.5 Å². The van der Waals surface area contributed by atoms with Crippen molar-refractivity contribution in [1.29, 1.82) is 0 Å². The van der Waals surface area contributed by atoms with E-state index in [0.29, 0.717) is 6.54 Å². The highest BCUT2D eigenvalue weighted by Crippen LogP contribution is 2.41. The number of likely N-dealkylation sites (N-methyl/N-ethyl adjacent to an activating group) is 1. The molecule has 0 radical (unpaired) electrons. The van der Waals surface area contributed by atoms with Crippen LogP contribution in [0.2, 0.25) is 0 Å². The third-order valence-corrected chi connectivity index (χ3v) is 6.46. The molecule has 1 aliphatic heterocycles. The standard InChI is InChI=1S/C29H39N3O6/c1-5-15-32(4)18-25-20(3)27(23-11-9-22(19-33)10-12-23)38-28(37-25)24-13-7-21(8-14-24)16-30-29(35)31-17-26(34)36-6-2/h5,7-14,20,25,27-28,33H,1,6,15-19H2,2-4H3,(H2,30,31,35). The van der Waals surface area contributed by atoms with E-state index in [9.17, 15) is 14.7 Å². The molecule has 3 N–H and O–H groups in total. The van der Waals surface area contributed by atoms with Crippen molar-refractivity contribution in [2.24, 2.45) is 5.92 Å². The normalized spacial score (nSPS) is 21.1. The Hall–Kier alpha value is -3.24. The SMILES string of the molecule is C=CCN(C)CC1OC(c2ccc(CNC(=O)NCC(=O)OCC)cc2)OC(c2ccc(CO)cc2)C1C. The van der Waals surface area contributed by atoms with Gasteiger partial charge in [0, 0.05) is 31.1 Å². The number of amides is 2. The smallest absolute Gasteiger partial charge is 0.325 e. The molecule has 1 saturated heterocycles. The highest BCUT2D eigenvalue weighted by molar-refractivity contribution is 5.80. The van der Waals surface area contributed by atoms with Crippen molar-refractivity contribution >= 4 is 12.0 Å². The van der Waals surface area contributed by atoms with Gasteiger partial charge in [-0.1, -0.05) is 61.5 Å². The number of carbonyl (C=O) groups excluding carboxylic acids is 2. The highest BCUT2D eigenvalue weighted by atomic mass is 16.7. The highest BCUT2D eigenvalue weighted by Gasteiger charge is 2.38. The monoisotopic (exact) mass is 525 g/mol. The molecule has 1 heterocycles. The first kappa shape index (κ1) is 29.3. The van der Waals surface area contributed by atoms with Gasteiger partial charge in [-0.3, -0.25) is 4.79 Å². The lowest BCUT2D eigenvalue weighted by Crippen LogP contribution is -2.43. The third kappa shape index (κ3) is 8.39. The van der Waals surface area contributed by atoms with Crippen LogP contribution >= 0.6 is 0 Å². The Morgan fingerprint density at radius 1 is 1.05 bits per heavy atom. The molecule has 1 aliphatic rings. The van der Waals surface area contributed by atoms with Crippen LogP contribution in [-0.4, -0.2) is 61.4 Å². The number of aliphatic hydroxyl groups is 1. The first-order valence-corrected chi connectivity index (χ1v) is 12.9. The van der Waals surface area contributed by atoms with Gasteiger partial charge >= 0.3 is 12.0 Å². The molecule has 9 nitrogen and oxygen atoms in total. The van der Waals surface area contributed by atoms with Crippen molar-refractivity contribution < 1.29 is 28.9 Å². The lowest BCUT2D eigenvalue weighted by molar-refractivity contribution is -0.275. The number of hydrogen-bond acceptors (Lipinski definition) is 7. The first-order valence-electron chi connectivity index (χ1n) is 12.9. The summed E-state index contributed by atoms with van der Waals surface area (Å²) in [6, 6.07) is 15.1. The Morgan fingerprint density at radius 3 is 2.34 bits per heavy atom. The Labute approximate surface area is 224 Å². The molecule has 0 aliphatic carbocycles. The minimum absolute atomic E-state index is 0.00364. The zero-order chi connectivity index (χ0) is 27.5. The van der Waals surface area contributed by atoms with Crippen LogP contribution < -0.4 is 10.6 Å². The van der Waals surface area contributed by atoms with Crippen molar-refractivity contribution in [3.05, 3.63) is 83.4 Å². The van der Waals surface area contributed by atoms with Crippen molar-refractivity contribution in [3.8, 4) is 0 Å². The quantitative estimate of drug-likeness (QED) is 0.288. The average molecular weight is 526 g/mol. The number of rotatable bonds is 12. The molecule has 0 saturated carbocycles. The van der Waals surface area contributed by atoms with E-state index in [1.54, 1.807) is 6.92 Å². The molecule has 3 rings (SSSR count). The first-order chi connectivity index (χ1) is 18.3. The van der Waals surface area contributed by atoms with E-state index in [4.69, 9.17) is 14.2 Å². The predicted octanol–water partition coefficient (Wildman–Crippen LogP) is 3.45. The number of hydrogen-bond donors (Lipinski definition) is 3. The predicted molar refractivity (Wildman–Crippen MR) is 144 cm³/mol. The molecule has 0 spiro atoms. The fourth-order valence-corrected chi connectivity index (χ4v) is 4.33. The molecule has 9 heteroatoms. The number of aliphatic hydroxyl groups excluding tert-OH is 1. The molecule has 2 amide bonds. The van der Waals surface area contributed by atoms with Gasteiger partial charge in [0.2, 0.25) is 0 Å². The van der Waals surface area contributed by atoms with Crippen LogP contribution in [0.4, 0.5) is 4.79 Å². The number of benzene rings is 2. The molecule has 4 unspecified atom stereocenters. The van der Waals surface area contributed by atoms with Crippen LogP contribution in [0.25, 0.3) is 0 Å². The van der Waals surface area contributed by atoms with E-state index < -0.39 is 18.3 Å². The molecule has 4 atom stereocenters. The maximum Gasteiger partial charge on any atom is 0.325 e. The fraction of sp³-hybridized carbons (Fsp3) is 0.448. The summed E-state index contributed by atoms with van der Waals surface area (Å²) in [5, 5.41) is 14.6. The zero-order valence-electron chi connectivity index (χ0n) is 22.4. The van der Waals surface area contributed by atoms with Crippen LogP contribution in [0, 0.1) is 5.92 Å². The van der Waals surface area contributed by atoms with Gasteiger partial charge in [-0.2, -0.15) is 0 Å². The summed E-state index contributed by atoms with van der Waals surface area (Å²) in [5.41, 5.74) is 3.66. The van der Waals surface area contributed by atoms with Crippen LogP contribution in [0.15, 0.2) is 61.2 Å². The number of nitrogens with zero attached hydrogens (tertiary/aromatic N) is 1. The summed E-state index contributed by atoms with van der Waals surface area (Å²) in [6.07, 6.45) is 1.04. The van der Waals surface area contributed by atoms with Gasteiger partial charge < -0.3 is 34.9 Å². The summed E-state index contributed by atoms with van der Waals surface area (Å²) in [7, 11) is 2.04. The van der Waals surface area contributed by atoms with Gasteiger partial charge in [-0.05, 0) is 30.7 Å². The maximum absolute atomic E-state index is 12.0. The van der Waals surface area contributed by atoms with Crippen molar-refractivity contribution in [2.75, 3.05) is 33.3 Å². The summed E-state index contributed by atoms with van der Waals surface area (Å²) < 4.78 is 17.7. The van der Waals surface area contributed by atoms with E-state index in [2.05, 4.69) is 29.0 Å². The van der Waals surface area contributed by atoms with Gasteiger partial charge in [0.05, 0.1) is 25.4 Å². The minimum atomic E-state index is -0.564. The topological polar surface area (TPSA) is 109 Å². The van der Waals surface area contributed by atoms with E-state index in [1.165, 1.54) is 0 Å². The van der Waals surface area contributed by atoms with E-state index in [0.717, 1.165) is 35.3 Å². The lowest BCUT2D eigenvalue weighted by Gasteiger charge is -2.42. The number of carbonyl (C=O) groups is 2. The third-order valence-electron chi connectivity index (χ3n) is 6.46. The van der Waals surface area contributed by atoms with E-state index in [-0.39, 0.29) is 37.9 Å². The molecule has 2 aromatic rings.